The van der Waals surface area contributed by atoms with Crippen molar-refractivity contribution < 1.29 is 9.59 Å². The highest BCUT2D eigenvalue weighted by atomic mass is 79.9. The summed E-state index contributed by atoms with van der Waals surface area (Å²) >= 11 is 3.27. The lowest BCUT2D eigenvalue weighted by Crippen LogP contribution is -2.53. The normalized spacial score (nSPS) is 11.2. The predicted molar refractivity (Wildman–Crippen MR) is 63.9 cm³/mol. The Morgan fingerprint density at radius 2 is 2.06 bits per heavy atom. The Morgan fingerprint density at radius 3 is 2.44 bits per heavy atom. The van der Waals surface area contributed by atoms with Crippen LogP contribution in [-0.4, -0.2) is 21.9 Å². The first kappa shape index (κ1) is 12.8. The fraction of sp³-hybridized carbons (Fsp3) is 0.400. The molecule has 0 unspecified atom stereocenters. The molecule has 16 heavy (non-hydrogen) atoms. The molecule has 88 valence electrons. The molecule has 0 aromatic carbocycles. The average molecular weight is 288 g/mol. The van der Waals surface area contributed by atoms with Gasteiger partial charge in [0.1, 0.15) is 11.2 Å². The van der Waals surface area contributed by atoms with Gasteiger partial charge in [0.25, 0.3) is 5.91 Å². The van der Waals surface area contributed by atoms with Crippen molar-refractivity contribution in [1.82, 2.24) is 9.88 Å². The highest BCUT2D eigenvalue weighted by molar-refractivity contribution is 9.10. The summed E-state index contributed by atoms with van der Waals surface area (Å²) < 4.78 is 2.47. The first-order valence-corrected chi connectivity index (χ1v) is 5.47. The molecule has 1 heterocycles. The second kappa shape index (κ2) is 4.29. The van der Waals surface area contributed by atoms with Gasteiger partial charge in [0.15, 0.2) is 0 Å². The number of carbonyl (C=O) groups is 2. The highest BCUT2D eigenvalue weighted by Crippen LogP contribution is 2.14. The van der Waals surface area contributed by atoms with E-state index in [2.05, 4.69) is 21.2 Å². The number of nitrogens with two attached hydrogens (primary N) is 1. The molecule has 5 nitrogen and oxygen atoms in total. The fourth-order valence-corrected chi connectivity index (χ4v) is 1.68. The maximum atomic E-state index is 11.8. The van der Waals surface area contributed by atoms with Crippen LogP contribution in [0.1, 0.15) is 24.3 Å². The number of hydrogen-bond acceptors (Lipinski definition) is 2. The number of aryl methyl sites for hydroxylation is 1. The lowest BCUT2D eigenvalue weighted by Gasteiger charge is -2.22. The van der Waals surface area contributed by atoms with E-state index in [0.29, 0.717) is 5.69 Å². The minimum absolute atomic E-state index is 0.336. The molecule has 0 bridgehead atoms. The van der Waals surface area contributed by atoms with Crippen LogP contribution in [0.5, 0.6) is 0 Å². The Labute approximate surface area is 102 Å². The fourth-order valence-electron chi connectivity index (χ4n) is 1.16. The first-order chi connectivity index (χ1) is 7.24. The van der Waals surface area contributed by atoms with Crippen LogP contribution in [0.2, 0.25) is 0 Å². The van der Waals surface area contributed by atoms with Crippen molar-refractivity contribution in [2.24, 2.45) is 12.8 Å². The third kappa shape index (κ3) is 2.63. The van der Waals surface area contributed by atoms with Crippen LogP contribution in [0.3, 0.4) is 0 Å². The van der Waals surface area contributed by atoms with E-state index in [9.17, 15) is 9.59 Å². The van der Waals surface area contributed by atoms with Crippen molar-refractivity contribution in [3.8, 4) is 0 Å². The second-order valence-electron chi connectivity index (χ2n) is 4.10. The van der Waals surface area contributed by atoms with E-state index in [0.717, 1.165) is 4.47 Å². The molecule has 0 aliphatic rings. The van der Waals surface area contributed by atoms with Crippen molar-refractivity contribution >= 4 is 27.7 Å². The van der Waals surface area contributed by atoms with Gasteiger partial charge < -0.3 is 15.6 Å². The summed E-state index contributed by atoms with van der Waals surface area (Å²) in [5.41, 5.74) is 4.57. The maximum Gasteiger partial charge on any atom is 0.268 e. The Balaban J connectivity index is 2.89. The van der Waals surface area contributed by atoms with Crippen LogP contribution in [0, 0.1) is 0 Å². The molecule has 6 heteroatoms. The predicted octanol–water partition coefficient (Wildman–Crippen LogP) is 0.781. The minimum atomic E-state index is -1.06. The van der Waals surface area contributed by atoms with E-state index >= 15 is 0 Å². The quantitative estimate of drug-likeness (QED) is 0.862. The van der Waals surface area contributed by atoms with Crippen LogP contribution >= 0.6 is 15.9 Å². The summed E-state index contributed by atoms with van der Waals surface area (Å²) in [5, 5.41) is 2.57. The lowest BCUT2D eigenvalue weighted by atomic mass is 10.1. The molecular weight excluding hydrogens is 274 g/mol. The van der Waals surface area contributed by atoms with E-state index in [-0.39, 0.29) is 5.91 Å². The van der Waals surface area contributed by atoms with Crippen LogP contribution in [0.25, 0.3) is 0 Å². The number of hydrogen-bond donors (Lipinski definition) is 2. The number of rotatable bonds is 3. The number of carbonyl (C=O) groups excluding carboxylic acids is 2. The molecule has 1 aromatic rings. The van der Waals surface area contributed by atoms with E-state index in [1.807, 2.05) is 0 Å². The van der Waals surface area contributed by atoms with Gasteiger partial charge in [-0.1, -0.05) is 0 Å². The van der Waals surface area contributed by atoms with Gasteiger partial charge in [0.05, 0.1) is 0 Å². The Kier molecular flexibility index (Phi) is 3.42. The van der Waals surface area contributed by atoms with Gasteiger partial charge in [0, 0.05) is 17.7 Å². The summed E-state index contributed by atoms with van der Waals surface area (Å²) in [6.07, 6.45) is 1.76. The monoisotopic (exact) mass is 287 g/mol. The Morgan fingerprint density at radius 1 is 1.50 bits per heavy atom. The number of nitrogens with one attached hydrogen (secondary N) is 1. The van der Waals surface area contributed by atoms with Crippen molar-refractivity contribution in [3.63, 3.8) is 0 Å². The van der Waals surface area contributed by atoms with Crippen LogP contribution in [0.4, 0.5) is 0 Å². The summed E-state index contributed by atoms with van der Waals surface area (Å²) in [4.78, 5) is 22.9. The second-order valence-corrected chi connectivity index (χ2v) is 5.01. The molecule has 0 radical (unpaired) electrons. The van der Waals surface area contributed by atoms with Crippen molar-refractivity contribution in [2.75, 3.05) is 0 Å². The molecule has 2 amide bonds. The molecule has 0 atom stereocenters. The van der Waals surface area contributed by atoms with E-state index in [1.165, 1.54) is 0 Å². The van der Waals surface area contributed by atoms with Gasteiger partial charge in [0.2, 0.25) is 5.91 Å². The SMILES string of the molecule is Cn1cc(Br)cc1C(=O)NC(C)(C)C(N)=O. The molecule has 0 aliphatic carbocycles. The number of halogens is 1. The number of amides is 2. The molecule has 1 rings (SSSR count). The standard InChI is InChI=1S/C10H14BrN3O2/c1-10(2,9(12)16)13-8(15)7-4-6(11)5-14(7)3/h4-5H,1-3H3,(H2,12,16)(H,13,15). The third-order valence-electron chi connectivity index (χ3n) is 2.25. The summed E-state index contributed by atoms with van der Waals surface area (Å²) in [5.74, 6) is -0.911. The van der Waals surface area contributed by atoms with Gasteiger partial charge in [-0.15, -0.1) is 0 Å². The van der Waals surface area contributed by atoms with Crippen LogP contribution in [-0.2, 0) is 11.8 Å². The first-order valence-electron chi connectivity index (χ1n) is 4.68. The number of aromatic nitrogens is 1. The Bertz CT molecular complexity index is 437. The molecule has 0 saturated carbocycles. The van der Waals surface area contributed by atoms with Gasteiger partial charge >= 0.3 is 0 Å². The van der Waals surface area contributed by atoms with E-state index in [4.69, 9.17) is 5.73 Å². The van der Waals surface area contributed by atoms with Crippen LogP contribution < -0.4 is 11.1 Å². The highest BCUT2D eigenvalue weighted by Gasteiger charge is 2.28. The zero-order valence-electron chi connectivity index (χ0n) is 9.37. The Hall–Kier alpha value is -1.30. The zero-order valence-corrected chi connectivity index (χ0v) is 11.0. The zero-order chi connectivity index (χ0) is 12.5. The van der Waals surface area contributed by atoms with E-state index < -0.39 is 11.4 Å². The van der Waals surface area contributed by atoms with Gasteiger partial charge in [-0.05, 0) is 35.8 Å². The van der Waals surface area contributed by atoms with Gasteiger partial charge in [-0.3, -0.25) is 9.59 Å². The largest absolute Gasteiger partial charge is 0.368 e. The average Bonchev–Trinajstić information content (AvgIpc) is 2.44. The topological polar surface area (TPSA) is 77.1 Å². The maximum absolute atomic E-state index is 11.8. The number of nitrogens with zero attached hydrogens (tertiary/aromatic N) is 1. The molecule has 1 aromatic heterocycles. The number of primary amides is 1. The molecule has 0 fully saturated rings. The van der Waals surface area contributed by atoms with Gasteiger partial charge in [-0.25, -0.2) is 0 Å². The lowest BCUT2D eigenvalue weighted by molar-refractivity contribution is -0.122. The molecule has 3 N–H and O–H groups in total. The van der Waals surface area contributed by atoms with Crippen molar-refractivity contribution in [2.45, 2.75) is 19.4 Å². The van der Waals surface area contributed by atoms with Gasteiger partial charge in [-0.2, -0.15) is 0 Å². The smallest absolute Gasteiger partial charge is 0.268 e. The molecule has 0 saturated heterocycles. The molecule has 0 spiro atoms. The summed E-state index contributed by atoms with van der Waals surface area (Å²) in [6.45, 7) is 3.12. The summed E-state index contributed by atoms with van der Waals surface area (Å²) in [6, 6.07) is 1.67. The third-order valence-corrected chi connectivity index (χ3v) is 2.68. The van der Waals surface area contributed by atoms with E-state index in [1.54, 1.807) is 37.7 Å². The summed E-state index contributed by atoms with van der Waals surface area (Å²) in [7, 11) is 1.75. The van der Waals surface area contributed by atoms with Crippen molar-refractivity contribution in [3.05, 3.63) is 22.4 Å². The van der Waals surface area contributed by atoms with Crippen LogP contribution in [0.15, 0.2) is 16.7 Å². The molecule has 0 aliphatic heterocycles. The minimum Gasteiger partial charge on any atom is -0.368 e. The van der Waals surface area contributed by atoms with Crippen molar-refractivity contribution in [1.29, 1.82) is 0 Å². The molecular formula is C10H14BrN3O2.